The first-order valence-corrected chi connectivity index (χ1v) is 12.1. The van der Waals surface area contributed by atoms with Crippen molar-refractivity contribution in [2.24, 2.45) is 10.2 Å². The second kappa shape index (κ2) is 9.46. The molecule has 0 radical (unpaired) electrons. The summed E-state index contributed by atoms with van der Waals surface area (Å²) in [6, 6.07) is 21.4. The largest absolute Gasteiger partial charge is 0.325 e. The lowest BCUT2D eigenvalue weighted by Crippen LogP contribution is -2.14. The van der Waals surface area contributed by atoms with Crippen LogP contribution in [0, 0.1) is 0 Å². The summed E-state index contributed by atoms with van der Waals surface area (Å²) in [5.74, 6) is 1.08. The average Bonchev–Trinajstić information content (AvgIpc) is 3.34. The Balaban J connectivity index is 1.18. The highest BCUT2D eigenvalue weighted by atomic mass is 32.2. The van der Waals surface area contributed by atoms with E-state index in [0.29, 0.717) is 6.04 Å². The highest BCUT2D eigenvalue weighted by Crippen LogP contribution is 2.41. The number of rotatable bonds is 8. The van der Waals surface area contributed by atoms with Crippen molar-refractivity contribution in [2.45, 2.75) is 24.0 Å². The van der Waals surface area contributed by atoms with Crippen molar-refractivity contribution in [1.82, 2.24) is 14.8 Å². The van der Waals surface area contributed by atoms with Gasteiger partial charge in [-0.25, -0.2) is 0 Å². The molecule has 160 valence electrons. The van der Waals surface area contributed by atoms with E-state index in [1.165, 1.54) is 11.8 Å². The van der Waals surface area contributed by atoms with Gasteiger partial charge in [0, 0.05) is 11.7 Å². The Labute approximate surface area is 193 Å². The van der Waals surface area contributed by atoms with E-state index in [-0.39, 0.29) is 11.7 Å². The van der Waals surface area contributed by atoms with Gasteiger partial charge in [0.05, 0.1) is 22.0 Å². The van der Waals surface area contributed by atoms with Crippen molar-refractivity contribution in [3.63, 3.8) is 0 Å². The maximum absolute atomic E-state index is 12.5. The smallest absolute Gasteiger partial charge is 0.234 e. The molecule has 9 heteroatoms. The van der Waals surface area contributed by atoms with Crippen molar-refractivity contribution in [3.8, 4) is 10.7 Å². The van der Waals surface area contributed by atoms with Crippen LogP contribution in [-0.4, -0.2) is 26.4 Å². The number of nitrogens with zero attached hydrogens (tertiary/aromatic N) is 5. The zero-order valence-corrected chi connectivity index (χ0v) is 18.7. The number of azo groups is 1. The summed E-state index contributed by atoms with van der Waals surface area (Å²) < 4.78 is 2.18. The van der Waals surface area contributed by atoms with Crippen LogP contribution in [0.25, 0.3) is 10.7 Å². The Morgan fingerprint density at radius 3 is 2.44 bits per heavy atom. The number of hydrogen-bond donors (Lipinski definition) is 1. The van der Waals surface area contributed by atoms with Gasteiger partial charge in [-0.15, -0.1) is 21.5 Å². The summed E-state index contributed by atoms with van der Waals surface area (Å²) in [4.78, 5) is 13.6. The topological polar surface area (TPSA) is 84.5 Å². The highest BCUT2D eigenvalue weighted by Gasteiger charge is 2.30. The maximum Gasteiger partial charge on any atom is 0.234 e. The molecule has 4 aromatic rings. The summed E-state index contributed by atoms with van der Waals surface area (Å²) in [6.07, 6.45) is 2.26. The lowest BCUT2D eigenvalue weighted by atomic mass is 10.3. The number of benzene rings is 2. The summed E-state index contributed by atoms with van der Waals surface area (Å²) in [6.45, 7) is 0. The fourth-order valence-corrected chi connectivity index (χ4v) is 4.67. The summed E-state index contributed by atoms with van der Waals surface area (Å²) in [7, 11) is 0. The molecule has 1 aliphatic carbocycles. The monoisotopic (exact) mass is 460 g/mol. The predicted molar refractivity (Wildman–Crippen MR) is 128 cm³/mol. The van der Waals surface area contributed by atoms with Gasteiger partial charge >= 0.3 is 0 Å². The molecule has 1 saturated carbocycles. The van der Waals surface area contributed by atoms with Crippen LogP contribution in [0.1, 0.15) is 18.9 Å². The molecule has 0 aliphatic heterocycles. The number of aromatic nitrogens is 3. The van der Waals surface area contributed by atoms with Crippen LogP contribution < -0.4 is 5.32 Å². The van der Waals surface area contributed by atoms with Gasteiger partial charge in [-0.1, -0.05) is 36.0 Å². The third-order valence-corrected chi connectivity index (χ3v) is 6.65. The Morgan fingerprint density at radius 1 is 1.00 bits per heavy atom. The number of thiophene rings is 1. The maximum atomic E-state index is 12.5. The molecule has 2 heterocycles. The molecular weight excluding hydrogens is 440 g/mol. The quantitative estimate of drug-likeness (QED) is 0.241. The minimum atomic E-state index is -0.0864. The molecule has 0 spiro atoms. The number of thioether (sulfide) groups is 1. The van der Waals surface area contributed by atoms with Crippen LogP contribution in [0.2, 0.25) is 0 Å². The van der Waals surface area contributed by atoms with Crippen molar-refractivity contribution in [2.75, 3.05) is 11.1 Å². The minimum Gasteiger partial charge on any atom is -0.325 e. The van der Waals surface area contributed by atoms with E-state index >= 15 is 0 Å². The minimum absolute atomic E-state index is 0.0864. The number of hydrogen-bond acceptors (Lipinski definition) is 7. The van der Waals surface area contributed by atoms with Gasteiger partial charge in [0.1, 0.15) is 0 Å². The normalized spacial score (nSPS) is 13.5. The number of carbonyl (C=O) groups excluding carboxylic acids is 1. The second-order valence-electron chi connectivity index (χ2n) is 7.30. The average molecular weight is 461 g/mol. The Hall–Kier alpha value is -3.30. The number of anilines is 1. The summed E-state index contributed by atoms with van der Waals surface area (Å²) in [5.41, 5.74) is 2.24. The van der Waals surface area contributed by atoms with Gasteiger partial charge in [0.15, 0.2) is 11.0 Å². The first kappa shape index (κ1) is 20.6. The molecule has 7 nitrogen and oxygen atoms in total. The summed E-state index contributed by atoms with van der Waals surface area (Å²) in [5, 5.41) is 22.9. The van der Waals surface area contributed by atoms with E-state index < -0.39 is 0 Å². The van der Waals surface area contributed by atoms with E-state index in [9.17, 15) is 4.79 Å². The molecule has 1 fully saturated rings. The molecule has 2 aromatic heterocycles. The van der Waals surface area contributed by atoms with E-state index in [4.69, 9.17) is 0 Å². The molecule has 0 saturated heterocycles. The van der Waals surface area contributed by atoms with Crippen LogP contribution in [0.5, 0.6) is 0 Å². The van der Waals surface area contributed by atoms with Gasteiger partial charge in [0.2, 0.25) is 5.91 Å². The first-order chi connectivity index (χ1) is 15.8. The molecule has 32 heavy (non-hydrogen) atoms. The molecule has 0 unspecified atom stereocenters. The predicted octanol–water partition coefficient (Wildman–Crippen LogP) is 6.49. The molecule has 1 N–H and O–H groups in total. The molecule has 2 aromatic carbocycles. The fraction of sp³-hybridized carbons (Fsp3) is 0.174. The van der Waals surface area contributed by atoms with Crippen LogP contribution in [-0.2, 0) is 4.79 Å². The van der Waals surface area contributed by atoms with Crippen molar-refractivity contribution < 1.29 is 4.79 Å². The molecule has 1 amide bonds. The van der Waals surface area contributed by atoms with Crippen molar-refractivity contribution in [1.29, 1.82) is 0 Å². The first-order valence-electron chi connectivity index (χ1n) is 10.2. The van der Waals surface area contributed by atoms with Gasteiger partial charge in [0.25, 0.3) is 0 Å². The number of carbonyl (C=O) groups is 1. The fourth-order valence-electron chi connectivity index (χ4n) is 3.16. The molecule has 0 atom stereocenters. The highest BCUT2D eigenvalue weighted by molar-refractivity contribution is 7.99. The van der Waals surface area contributed by atoms with Crippen LogP contribution in [0.3, 0.4) is 0 Å². The van der Waals surface area contributed by atoms with Gasteiger partial charge in [-0.3, -0.25) is 9.36 Å². The molecule has 5 rings (SSSR count). The summed E-state index contributed by atoms with van der Waals surface area (Å²) >= 11 is 3.07. The third-order valence-electron chi connectivity index (χ3n) is 4.84. The van der Waals surface area contributed by atoms with E-state index in [1.807, 2.05) is 66.0 Å². The standard InChI is InChI=1S/C23H20N6OS2/c30-21(24-16-8-10-18(11-9-16)26-25-17-5-2-1-3-6-17)15-32-23-28-27-22(20-7-4-14-31-20)29(23)19-12-13-19/h1-11,14,19H,12-13,15H2,(H,24,30). The van der Waals surface area contributed by atoms with Gasteiger partial charge in [-0.2, -0.15) is 10.2 Å². The zero-order chi connectivity index (χ0) is 21.8. The zero-order valence-electron chi connectivity index (χ0n) is 17.1. The lowest BCUT2D eigenvalue weighted by molar-refractivity contribution is -0.113. The Bertz CT molecular complexity index is 1220. The Kier molecular flexibility index (Phi) is 6.09. The van der Waals surface area contributed by atoms with Gasteiger partial charge in [-0.05, 0) is 60.7 Å². The number of nitrogens with one attached hydrogen (secondary N) is 1. The van der Waals surface area contributed by atoms with Crippen molar-refractivity contribution >= 4 is 46.1 Å². The lowest BCUT2D eigenvalue weighted by Gasteiger charge is -2.08. The Morgan fingerprint density at radius 2 is 1.75 bits per heavy atom. The molecular formula is C23H20N6OS2. The van der Waals surface area contributed by atoms with Crippen LogP contribution >= 0.6 is 23.1 Å². The second-order valence-corrected chi connectivity index (χ2v) is 9.19. The van der Waals surface area contributed by atoms with E-state index in [2.05, 4.69) is 36.4 Å². The molecule has 1 aliphatic rings. The van der Waals surface area contributed by atoms with Crippen LogP contribution in [0.4, 0.5) is 17.1 Å². The van der Waals surface area contributed by atoms with Crippen LogP contribution in [0.15, 0.2) is 87.5 Å². The van der Waals surface area contributed by atoms with Crippen molar-refractivity contribution in [3.05, 3.63) is 72.1 Å². The molecule has 0 bridgehead atoms. The number of amides is 1. The SMILES string of the molecule is O=C(CSc1nnc(-c2cccs2)n1C1CC1)Nc1ccc(N=Nc2ccccc2)cc1. The van der Waals surface area contributed by atoms with Gasteiger partial charge < -0.3 is 5.32 Å². The van der Waals surface area contributed by atoms with E-state index in [1.54, 1.807) is 11.3 Å². The third kappa shape index (κ3) is 4.95. The van der Waals surface area contributed by atoms with E-state index in [0.717, 1.165) is 45.8 Å².